The highest BCUT2D eigenvalue weighted by atomic mass is 16.5. The number of rotatable bonds is 5. The smallest absolute Gasteiger partial charge is 0.127 e. The van der Waals surface area contributed by atoms with Crippen LogP contribution in [0.5, 0.6) is 11.5 Å². The highest BCUT2D eigenvalue weighted by Crippen LogP contribution is 2.29. The van der Waals surface area contributed by atoms with Crippen LogP contribution >= 0.6 is 0 Å². The molecule has 0 saturated carbocycles. The SMILES string of the molecule is C=C(C1=CC=C=C=C1)c1ccc(Oc2ccc(C3=NNC(=C)c4ccccc43)cc2)cc1. The minimum atomic E-state index is 0.760. The minimum absolute atomic E-state index is 0.760. The van der Waals surface area contributed by atoms with Crippen LogP contribution in [0.1, 0.15) is 22.3 Å². The average molecular weight is 412 g/mol. The van der Waals surface area contributed by atoms with Crippen LogP contribution < -0.4 is 10.2 Å². The van der Waals surface area contributed by atoms with Gasteiger partial charge < -0.3 is 4.74 Å². The molecular formula is C29H20N2O. The van der Waals surface area contributed by atoms with Gasteiger partial charge in [-0.05, 0) is 71.3 Å². The molecule has 1 N–H and O–H groups in total. The molecule has 1 aliphatic heterocycles. The molecule has 0 fully saturated rings. The maximum Gasteiger partial charge on any atom is 0.127 e. The van der Waals surface area contributed by atoms with Crippen LogP contribution in [0.25, 0.3) is 11.3 Å². The standard InChI is InChI=1S/C29H20N2O/c1-20(22-8-4-3-5-9-22)23-12-16-25(17-13-23)32-26-18-14-24(15-19-26)29-28-11-7-6-10-27(28)21(2)30-31-29/h4,6-19,30H,1-2H2. The summed E-state index contributed by atoms with van der Waals surface area (Å²) in [6.07, 6.45) is 5.70. The van der Waals surface area contributed by atoms with Crippen molar-refractivity contribution in [2.24, 2.45) is 5.10 Å². The van der Waals surface area contributed by atoms with Gasteiger partial charge in [0.15, 0.2) is 0 Å². The van der Waals surface area contributed by atoms with E-state index in [2.05, 4.69) is 41.2 Å². The maximum atomic E-state index is 6.04. The Bertz CT molecular complexity index is 1390. The van der Waals surface area contributed by atoms with Gasteiger partial charge in [0.2, 0.25) is 0 Å². The fourth-order valence-electron chi connectivity index (χ4n) is 3.66. The molecule has 1 aliphatic carbocycles. The van der Waals surface area contributed by atoms with E-state index in [1.54, 1.807) is 0 Å². The molecule has 0 amide bonds. The van der Waals surface area contributed by atoms with Gasteiger partial charge in [-0.15, -0.1) is 0 Å². The number of nitrogens with zero attached hydrogens (tertiary/aromatic N) is 1. The first-order valence-electron chi connectivity index (χ1n) is 10.3. The number of fused-ring (bicyclic) bond motifs is 1. The van der Waals surface area contributed by atoms with Crippen molar-refractivity contribution in [3.05, 3.63) is 143 Å². The quantitative estimate of drug-likeness (QED) is 0.478. The summed E-state index contributed by atoms with van der Waals surface area (Å²) in [4.78, 5) is 0. The Balaban J connectivity index is 1.31. The van der Waals surface area contributed by atoms with Crippen LogP contribution in [0.15, 0.2) is 126 Å². The van der Waals surface area contributed by atoms with E-state index in [4.69, 9.17) is 4.74 Å². The van der Waals surface area contributed by atoms with E-state index in [0.717, 1.165) is 56.3 Å². The molecule has 0 bridgehead atoms. The van der Waals surface area contributed by atoms with Crippen molar-refractivity contribution in [1.29, 1.82) is 0 Å². The number of ether oxygens (including phenoxy) is 1. The van der Waals surface area contributed by atoms with E-state index >= 15 is 0 Å². The zero-order valence-electron chi connectivity index (χ0n) is 17.4. The lowest BCUT2D eigenvalue weighted by molar-refractivity contribution is 0.482. The van der Waals surface area contributed by atoms with E-state index in [9.17, 15) is 0 Å². The van der Waals surface area contributed by atoms with Crippen LogP contribution in [-0.2, 0) is 0 Å². The third-order valence-corrected chi connectivity index (χ3v) is 5.38. The summed E-state index contributed by atoms with van der Waals surface area (Å²) in [7, 11) is 0. The number of hydrazone groups is 1. The van der Waals surface area contributed by atoms with E-state index < -0.39 is 0 Å². The molecule has 0 atom stereocenters. The zero-order chi connectivity index (χ0) is 21.9. The molecule has 3 nitrogen and oxygen atoms in total. The average Bonchev–Trinajstić information content (AvgIpc) is 2.86. The number of nitrogens with one attached hydrogen (secondary N) is 1. The maximum absolute atomic E-state index is 6.04. The highest BCUT2D eigenvalue weighted by Gasteiger charge is 2.17. The minimum Gasteiger partial charge on any atom is -0.457 e. The summed E-state index contributed by atoms with van der Waals surface area (Å²) in [6.45, 7) is 8.22. The Hall–Kier alpha value is -4.55. The molecule has 3 aromatic rings. The van der Waals surface area contributed by atoms with Gasteiger partial charge in [0.1, 0.15) is 11.5 Å². The summed E-state index contributed by atoms with van der Waals surface area (Å²) in [6, 6.07) is 24.0. The van der Waals surface area contributed by atoms with Crippen molar-refractivity contribution >= 4 is 17.0 Å². The summed E-state index contributed by atoms with van der Waals surface area (Å²) >= 11 is 0. The first kappa shape index (κ1) is 19.4. The first-order chi connectivity index (χ1) is 15.7. The molecule has 0 aromatic heterocycles. The van der Waals surface area contributed by atoms with Gasteiger partial charge in [0, 0.05) is 16.7 Å². The molecule has 0 spiro atoms. The highest BCUT2D eigenvalue weighted by molar-refractivity contribution is 6.16. The predicted molar refractivity (Wildman–Crippen MR) is 130 cm³/mol. The van der Waals surface area contributed by atoms with Crippen molar-refractivity contribution in [3.8, 4) is 11.5 Å². The molecular weight excluding hydrogens is 392 g/mol. The largest absolute Gasteiger partial charge is 0.457 e. The fraction of sp³-hybridized carbons (Fsp3) is 0. The summed E-state index contributed by atoms with van der Waals surface area (Å²) < 4.78 is 6.04. The van der Waals surface area contributed by atoms with Gasteiger partial charge >= 0.3 is 0 Å². The van der Waals surface area contributed by atoms with E-state index in [1.165, 1.54) is 0 Å². The molecule has 0 radical (unpaired) electrons. The number of hydrogen-bond donors (Lipinski definition) is 1. The normalized spacial score (nSPS) is 13.7. The topological polar surface area (TPSA) is 33.6 Å². The molecule has 3 heteroatoms. The Kier molecular flexibility index (Phi) is 5.03. The molecule has 152 valence electrons. The number of benzene rings is 3. The second kappa shape index (κ2) is 8.29. The Morgan fingerprint density at radius 2 is 1.53 bits per heavy atom. The molecule has 0 unspecified atom stereocenters. The van der Waals surface area contributed by atoms with E-state index in [1.807, 2.05) is 85.0 Å². The summed E-state index contributed by atoms with van der Waals surface area (Å²) in [5, 5.41) is 4.50. The van der Waals surface area contributed by atoms with Gasteiger partial charge in [-0.25, -0.2) is 0 Å². The second-order valence-electron chi connectivity index (χ2n) is 7.45. The summed E-state index contributed by atoms with van der Waals surface area (Å²) in [5.41, 5.74) is 16.7. The van der Waals surface area contributed by atoms with Crippen molar-refractivity contribution in [2.75, 3.05) is 0 Å². The van der Waals surface area contributed by atoms with Gasteiger partial charge in [0.25, 0.3) is 0 Å². The lowest BCUT2D eigenvalue weighted by Crippen LogP contribution is -2.19. The first-order valence-corrected chi connectivity index (χ1v) is 10.3. The molecule has 32 heavy (non-hydrogen) atoms. The molecule has 0 saturated heterocycles. The van der Waals surface area contributed by atoms with Crippen molar-refractivity contribution in [2.45, 2.75) is 0 Å². The van der Waals surface area contributed by atoms with Gasteiger partial charge in [0.05, 0.1) is 11.4 Å². The third kappa shape index (κ3) is 3.78. The van der Waals surface area contributed by atoms with Crippen LogP contribution in [0.2, 0.25) is 0 Å². The monoisotopic (exact) mass is 412 g/mol. The van der Waals surface area contributed by atoms with Crippen molar-refractivity contribution < 1.29 is 4.74 Å². The van der Waals surface area contributed by atoms with Crippen LogP contribution in [0.4, 0.5) is 0 Å². The molecule has 2 aliphatic rings. The Morgan fingerprint density at radius 1 is 0.844 bits per heavy atom. The third-order valence-electron chi connectivity index (χ3n) is 5.38. The van der Waals surface area contributed by atoms with E-state index in [0.29, 0.717) is 0 Å². The molecule has 5 rings (SSSR count). The Morgan fingerprint density at radius 3 is 2.22 bits per heavy atom. The predicted octanol–water partition coefficient (Wildman–Crippen LogP) is 6.62. The van der Waals surface area contributed by atoms with E-state index in [-0.39, 0.29) is 0 Å². The molecule has 1 heterocycles. The van der Waals surface area contributed by atoms with Gasteiger partial charge in [-0.2, -0.15) is 5.10 Å². The lowest BCUT2D eigenvalue weighted by Gasteiger charge is -2.19. The second-order valence-corrected chi connectivity index (χ2v) is 7.45. The lowest BCUT2D eigenvalue weighted by atomic mass is 9.95. The van der Waals surface area contributed by atoms with Crippen molar-refractivity contribution in [1.82, 2.24) is 5.43 Å². The van der Waals surface area contributed by atoms with Gasteiger partial charge in [-0.3, -0.25) is 5.43 Å². The van der Waals surface area contributed by atoms with Gasteiger partial charge in [-0.1, -0.05) is 61.0 Å². The molecule has 3 aromatic carbocycles. The summed E-state index contributed by atoms with van der Waals surface area (Å²) in [5.74, 6) is 1.52. The van der Waals surface area contributed by atoms with Crippen LogP contribution in [0, 0.1) is 0 Å². The number of hydrogen-bond acceptors (Lipinski definition) is 3. The van der Waals surface area contributed by atoms with Crippen LogP contribution in [0.3, 0.4) is 0 Å². The van der Waals surface area contributed by atoms with Crippen LogP contribution in [-0.4, -0.2) is 5.71 Å². The Labute approximate surface area is 187 Å². The fourth-order valence-corrected chi connectivity index (χ4v) is 3.66. The zero-order valence-corrected chi connectivity index (χ0v) is 17.4. The number of allylic oxidation sites excluding steroid dienone is 5. The van der Waals surface area contributed by atoms with Crippen molar-refractivity contribution in [3.63, 3.8) is 0 Å².